The summed E-state index contributed by atoms with van der Waals surface area (Å²) in [6.45, 7) is 1.47. The summed E-state index contributed by atoms with van der Waals surface area (Å²) in [7, 11) is 1.63. The summed E-state index contributed by atoms with van der Waals surface area (Å²) in [6, 6.07) is 17.5. The van der Waals surface area contributed by atoms with Crippen LogP contribution >= 0.6 is 0 Å². The average Bonchev–Trinajstić information content (AvgIpc) is 2.78. The number of piperidine rings is 1. The lowest BCUT2D eigenvalue weighted by Crippen LogP contribution is -2.45. The molecule has 7 nitrogen and oxygen atoms in total. The fourth-order valence-corrected chi connectivity index (χ4v) is 3.86. The highest BCUT2D eigenvalue weighted by Gasteiger charge is 2.27. The second-order valence-electron chi connectivity index (χ2n) is 7.22. The van der Waals surface area contributed by atoms with Gasteiger partial charge in [-0.25, -0.2) is 4.79 Å². The quantitative estimate of drug-likeness (QED) is 0.736. The van der Waals surface area contributed by atoms with E-state index in [1.807, 2.05) is 36.4 Å². The summed E-state index contributed by atoms with van der Waals surface area (Å²) >= 11 is 0. The van der Waals surface area contributed by atoms with Gasteiger partial charge < -0.3 is 14.9 Å². The first-order chi connectivity index (χ1) is 14.1. The fraction of sp³-hybridized carbons (Fsp3) is 0.273. The van der Waals surface area contributed by atoms with Gasteiger partial charge >= 0.3 is 6.09 Å². The Morgan fingerprint density at radius 2 is 1.76 bits per heavy atom. The predicted molar refractivity (Wildman–Crippen MR) is 111 cm³/mol. The van der Waals surface area contributed by atoms with E-state index in [9.17, 15) is 9.90 Å². The van der Waals surface area contributed by atoms with Gasteiger partial charge in [-0.1, -0.05) is 36.4 Å². The molecule has 0 unspecified atom stereocenters. The standard InChI is InChI=1S/C22H21N5O2/c1-26(22(28)29)17-10-12-27(13-11-17)21-19-5-3-2-4-18(19)20(24-25-21)16-8-6-15(14-23)7-9-16/h2-9,17H,10-13H2,1H3,(H,28,29). The predicted octanol–water partition coefficient (Wildman–Crippen LogP) is 3.75. The first-order valence-electron chi connectivity index (χ1n) is 9.55. The Morgan fingerprint density at radius 1 is 1.10 bits per heavy atom. The zero-order valence-electron chi connectivity index (χ0n) is 16.1. The molecule has 1 aliphatic heterocycles. The van der Waals surface area contributed by atoms with Gasteiger partial charge in [0, 0.05) is 42.5 Å². The molecule has 1 saturated heterocycles. The SMILES string of the molecule is CN(C(=O)O)C1CCN(c2nnc(-c3ccc(C#N)cc3)c3ccccc23)CC1. The molecule has 29 heavy (non-hydrogen) atoms. The lowest BCUT2D eigenvalue weighted by molar-refractivity contribution is 0.131. The van der Waals surface area contributed by atoms with Crippen molar-refractivity contribution < 1.29 is 9.90 Å². The van der Waals surface area contributed by atoms with Crippen LogP contribution in [0.25, 0.3) is 22.0 Å². The minimum atomic E-state index is -0.888. The maximum Gasteiger partial charge on any atom is 0.407 e. The third-order valence-corrected chi connectivity index (χ3v) is 5.57. The topological polar surface area (TPSA) is 93.3 Å². The summed E-state index contributed by atoms with van der Waals surface area (Å²) in [5, 5.41) is 29.3. The molecule has 1 aliphatic rings. The van der Waals surface area contributed by atoms with Crippen LogP contribution in [0.15, 0.2) is 48.5 Å². The molecule has 146 valence electrons. The van der Waals surface area contributed by atoms with Crippen molar-refractivity contribution >= 4 is 22.7 Å². The molecule has 0 saturated carbocycles. The molecule has 2 heterocycles. The number of amides is 1. The molecule has 1 aromatic heterocycles. The van der Waals surface area contributed by atoms with Gasteiger partial charge in [-0.15, -0.1) is 10.2 Å². The van der Waals surface area contributed by atoms with Crippen molar-refractivity contribution in [3.8, 4) is 17.3 Å². The number of nitrogens with zero attached hydrogens (tertiary/aromatic N) is 5. The number of rotatable bonds is 3. The zero-order valence-corrected chi connectivity index (χ0v) is 16.1. The molecule has 4 rings (SSSR count). The Balaban J connectivity index is 1.66. The highest BCUT2D eigenvalue weighted by Crippen LogP contribution is 2.32. The summed E-state index contributed by atoms with van der Waals surface area (Å²) in [5.74, 6) is 0.828. The van der Waals surface area contributed by atoms with E-state index < -0.39 is 6.09 Å². The highest BCUT2D eigenvalue weighted by atomic mass is 16.4. The lowest BCUT2D eigenvalue weighted by Gasteiger charge is -2.36. The molecule has 7 heteroatoms. The van der Waals surface area contributed by atoms with Crippen LogP contribution in [-0.2, 0) is 0 Å². The zero-order chi connectivity index (χ0) is 20.4. The second kappa shape index (κ2) is 7.76. The van der Waals surface area contributed by atoms with Crippen LogP contribution in [0.3, 0.4) is 0 Å². The van der Waals surface area contributed by atoms with Crippen molar-refractivity contribution in [2.24, 2.45) is 0 Å². The normalized spacial score (nSPS) is 14.6. The number of carbonyl (C=O) groups is 1. The van der Waals surface area contributed by atoms with Crippen molar-refractivity contribution in [2.75, 3.05) is 25.0 Å². The minimum Gasteiger partial charge on any atom is -0.465 e. The van der Waals surface area contributed by atoms with Crippen LogP contribution in [-0.4, -0.2) is 52.5 Å². The minimum absolute atomic E-state index is 0.0286. The van der Waals surface area contributed by atoms with E-state index in [4.69, 9.17) is 5.26 Å². The van der Waals surface area contributed by atoms with E-state index in [0.29, 0.717) is 5.56 Å². The summed E-state index contributed by atoms with van der Waals surface area (Å²) in [5.41, 5.74) is 2.31. The van der Waals surface area contributed by atoms with Gasteiger partial charge in [-0.2, -0.15) is 5.26 Å². The van der Waals surface area contributed by atoms with Gasteiger partial charge in [-0.05, 0) is 25.0 Å². The number of anilines is 1. The maximum atomic E-state index is 11.2. The van der Waals surface area contributed by atoms with E-state index in [1.165, 1.54) is 4.90 Å². The molecule has 2 aromatic carbocycles. The molecule has 3 aromatic rings. The number of fused-ring (bicyclic) bond motifs is 1. The van der Waals surface area contributed by atoms with Crippen LogP contribution in [0.4, 0.5) is 10.6 Å². The summed E-state index contributed by atoms with van der Waals surface area (Å²) in [6.07, 6.45) is 0.632. The molecular weight excluding hydrogens is 366 g/mol. The van der Waals surface area contributed by atoms with E-state index in [2.05, 4.69) is 21.2 Å². The van der Waals surface area contributed by atoms with Crippen molar-refractivity contribution in [1.29, 1.82) is 5.26 Å². The number of aromatic nitrogens is 2. The number of carboxylic acid groups (broad SMARTS) is 1. The van der Waals surface area contributed by atoms with E-state index >= 15 is 0 Å². The summed E-state index contributed by atoms with van der Waals surface area (Å²) < 4.78 is 0. The molecule has 1 amide bonds. The van der Waals surface area contributed by atoms with Gasteiger partial charge in [0.2, 0.25) is 0 Å². The number of hydrogen-bond donors (Lipinski definition) is 1. The number of benzene rings is 2. The van der Waals surface area contributed by atoms with Gasteiger partial charge in [0.1, 0.15) is 5.69 Å². The Hall–Kier alpha value is -3.66. The maximum absolute atomic E-state index is 11.2. The molecule has 0 aliphatic carbocycles. The molecule has 0 spiro atoms. The van der Waals surface area contributed by atoms with E-state index in [-0.39, 0.29) is 6.04 Å². The van der Waals surface area contributed by atoms with Crippen molar-refractivity contribution in [3.05, 3.63) is 54.1 Å². The summed E-state index contributed by atoms with van der Waals surface area (Å²) in [4.78, 5) is 14.8. The third kappa shape index (κ3) is 3.57. The van der Waals surface area contributed by atoms with Crippen LogP contribution in [0.1, 0.15) is 18.4 Å². The van der Waals surface area contributed by atoms with Crippen LogP contribution in [0.5, 0.6) is 0 Å². The van der Waals surface area contributed by atoms with Gasteiger partial charge in [0.05, 0.1) is 11.6 Å². The average molecular weight is 387 g/mol. The Bertz CT molecular complexity index is 1080. The van der Waals surface area contributed by atoms with Gasteiger partial charge in [-0.3, -0.25) is 0 Å². The van der Waals surface area contributed by atoms with Gasteiger partial charge in [0.15, 0.2) is 5.82 Å². The van der Waals surface area contributed by atoms with Crippen molar-refractivity contribution in [1.82, 2.24) is 15.1 Å². The number of hydrogen-bond acceptors (Lipinski definition) is 5. The Kier molecular flexibility index (Phi) is 5.00. The van der Waals surface area contributed by atoms with Crippen LogP contribution in [0.2, 0.25) is 0 Å². The fourth-order valence-electron chi connectivity index (χ4n) is 3.86. The monoisotopic (exact) mass is 387 g/mol. The number of nitriles is 1. The Morgan fingerprint density at radius 3 is 2.38 bits per heavy atom. The largest absolute Gasteiger partial charge is 0.465 e. The van der Waals surface area contributed by atoms with Crippen molar-refractivity contribution in [3.63, 3.8) is 0 Å². The molecule has 0 bridgehead atoms. The molecular formula is C22H21N5O2. The van der Waals surface area contributed by atoms with Crippen LogP contribution < -0.4 is 4.90 Å². The van der Waals surface area contributed by atoms with Crippen molar-refractivity contribution in [2.45, 2.75) is 18.9 Å². The molecule has 1 fully saturated rings. The van der Waals surface area contributed by atoms with E-state index in [1.54, 1.807) is 19.2 Å². The first-order valence-corrected chi connectivity index (χ1v) is 9.55. The van der Waals surface area contributed by atoms with Crippen LogP contribution in [0, 0.1) is 11.3 Å². The lowest BCUT2D eigenvalue weighted by atomic mass is 10.0. The smallest absolute Gasteiger partial charge is 0.407 e. The molecule has 0 radical (unpaired) electrons. The third-order valence-electron chi connectivity index (χ3n) is 5.57. The first kappa shape index (κ1) is 18.7. The molecule has 1 N–H and O–H groups in total. The molecule has 0 atom stereocenters. The highest BCUT2D eigenvalue weighted by molar-refractivity contribution is 6.00. The van der Waals surface area contributed by atoms with E-state index in [0.717, 1.165) is 53.8 Å². The second-order valence-corrected chi connectivity index (χ2v) is 7.22. The Labute approximate surface area is 168 Å². The van der Waals surface area contributed by atoms with Gasteiger partial charge in [0.25, 0.3) is 0 Å².